The van der Waals surface area contributed by atoms with Crippen molar-refractivity contribution in [1.82, 2.24) is 4.90 Å². The second-order valence-electron chi connectivity index (χ2n) is 7.96. The van der Waals surface area contributed by atoms with Gasteiger partial charge in [0, 0.05) is 13.1 Å². The van der Waals surface area contributed by atoms with Crippen LogP contribution in [0.2, 0.25) is 0 Å². The molecule has 0 amide bonds. The normalized spacial score (nSPS) is 36.9. The van der Waals surface area contributed by atoms with Gasteiger partial charge >= 0.3 is 5.97 Å². The van der Waals surface area contributed by atoms with Gasteiger partial charge in [-0.15, -0.1) is 0 Å². The third kappa shape index (κ3) is 2.74. The predicted octanol–water partition coefficient (Wildman–Crippen LogP) is 4.07. The highest BCUT2D eigenvalue weighted by Gasteiger charge is 2.55. The summed E-state index contributed by atoms with van der Waals surface area (Å²) in [7, 11) is 0. The Hall–Kier alpha value is -0.570. The molecule has 0 bridgehead atoms. The van der Waals surface area contributed by atoms with Crippen LogP contribution in [0.15, 0.2) is 0 Å². The Labute approximate surface area is 129 Å². The highest BCUT2D eigenvalue weighted by molar-refractivity contribution is 5.79. The first-order valence-corrected chi connectivity index (χ1v) is 9.09. The maximum absolute atomic E-state index is 12.0. The minimum Gasteiger partial charge on any atom is -0.480 e. The van der Waals surface area contributed by atoms with Crippen molar-refractivity contribution >= 4 is 5.97 Å². The molecule has 3 fully saturated rings. The van der Waals surface area contributed by atoms with Gasteiger partial charge in [0.1, 0.15) is 5.54 Å². The summed E-state index contributed by atoms with van der Waals surface area (Å²) in [6, 6.07) is 0. The molecule has 2 saturated carbocycles. The van der Waals surface area contributed by atoms with Gasteiger partial charge in [0.25, 0.3) is 0 Å². The van der Waals surface area contributed by atoms with E-state index in [1.807, 2.05) is 0 Å². The Balaban J connectivity index is 1.66. The van der Waals surface area contributed by atoms with E-state index in [1.54, 1.807) is 0 Å². The highest BCUT2D eigenvalue weighted by Crippen LogP contribution is 2.49. The van der Waals surface area contributed by atoms with Crippen molar-refractivity contribution in [1.29, 1.82) is 0 Å². The van der Waals surface area contributed by atoms with E-state index in [1.165, 1.54) is 44.9 Å². The second kappa shape index (κ2) is 5.91. The molecule has 0 atom stereocenters. The SMILES string of the molecule is CCC1CCC(C(=O)O)(N2CC3(CCCCCC3)C2)CC1. The van der Waals surface area contributed by atoms with Crippen LogP contribution in [0.4, 0.5) is 0 Å². The van der Waals surface area contributed by atoms with Crippen molar-refractivity contribution in [2.24, 2.45) is 11.3 Å². The van der Waals surface area contributed by atoms with Crippen LogP contribution >= 0.6 is 0 Å². The fourth-order valence-corrected chi connectivity index (χ4v) is 5.09. The third-order valence-corrected chi connectivity index (χ3v) is 6.73. The zero-order chi connectivity index (χ0) is 14.9. The van der Waals surface area contributed by atoms with E-state index in [-0.39, 0.29) is 0 Å². The molecule has 1 saturated heterocycles. The first kappa shape index (κ1) is 15.3. The summed E-state index contributed by atoms with van der Waals surface area (Å²) in [4.78, 5) is 14.3. The molecule has 21 heavy (non-hydrogen) atoms. The molecule has 0 radical (unpaired) electrons. The molecule has 1 aliphatic heterocycles. The molecule has 1 N–H and O–H groups in total. The van der Waals surface area contributed by atoms with E-state index in [0.717, 1.165) is 44.7 Å². The van der Waals surface area contributed by atoms with Gasteiger partial charge < -0.3 is 5.11 Å². The van der Waals surface area contributed by atoms with Gasteiger partial charge in [-0.3, -0.25) is 9.69 Å². The molecule has 3 aliphatic rings. The van der Waals surface area contributed by atoms with Gasteiger partial charge in [0.05, 0.1) is 0 Å². The molecule has 2 aliphatic carbocycles. The van der Waals surface area contributed by atoms with Gasteiger partial charge in [-0.2, -0.15) is 0 Å². The summed E-state index contributed by atoms with van der Waals surface area (Å²) in [5, 5.41) is 9.88. The summed E-state index contributed by atoms with van der Waals surface area (Å²) < 4.78 is 0. The van der Waals surface area contributed by atoms with Gasteiger partial charge in [-0.05, 0) is 49.9 Å². The third-order valence-electron chi connectivity index (χ3n) is 6.73. The molecule has 3 rings (SSSR count). The number of carboxylic acids is 1. The van der Waals surface area contributed by atoms with Crippen LogP contribution in [-0.2, 0) is 4.79 Å². The molecule has 120 valence electrons. The maximum atomic E-state index is 12.0. The number of carbonyl (C=O) groups is 1. The molecule has 3 heteroatoms. The highest BCUT2D eigenvalue weighted by atomic mass is 16.4. The van der Waals surface area contributed by atoms with Crippen molar-refractivity contribution < 1.29 is 9.90 Å². The Morgan fingerprint density at radius 2 is 1.62 bits per heavy atom. The fourth-order valence-electron chi connectivity index (χ4n) is 5.09. The quantitative estimate of drug-likeness (QED) is 0.853. The minimum atomic E-state index is -0.555. The lowest BCUT2D eigenvalue weighted by Crippen LogP contribution is -2.68. The second-order valence-corrected chi connectivity index (χ2v) is 7.96. The molecule has 0 aromatic carbocycles. The summed E-state index contributed by atoms with van der Waals surface area (Å²) in [5.74, 6) is 0.200. The van der Waals surface area contributed by atoms with Crippen LogP contribution in [0.25, 0.3) is 0 Å². The molecule has 0 unspecified atom stereocenters. The van der Waals surface area contributed by atoms with Crippen molar-refractivity contribution in [3.63, 3.8) is 0 Å². The van der Waals surface area contributed by atoms with E-state index in [0.29, 0.717) is 5.41 Å². The predicted molar refractivity (Wildman–Crippen MR) is 84.3 cm³/mol. The Morgan fingerprint density at radius 1 is 1.05 bits per heavy atom. The summed E-state index contributed by atoms with van der Waals surface area (Å²) in [5.41, 5.74) is -0.0518. The number of hydrogen-bond donors (Lipinski definition) is 1. The lowest BCUT2D eigenvalue weighted by Gasteiger charge is -2.58. The average molecular weight is 293 g/mol. The standard InChI is InChI=1S/C18H31NO2/c1-2-15-7-11-18(12-8-15,16(20)21)19-13-17(14-19)9-5-3-4-6-10-17/h15H,2-14H2,1H3,(H,20,21). The van der Waals surface area contributed by atoms with Crippen LogP contribution in [0.5, 0.6) is 0 Å². The molecule has 1 heterocycles. The van der Waals surface area contributed by atoms with Crippen molar-refractivity contribution in [3.05, 3.63) is 0 Å². The summed E-state index contributed by atoms with van der Waals surface area (Å²) in [6.07, 6.45) is 13.3. The molecule has 0 aromatic rings. The number of likely N-dealkylation sites (tertiary alicyclic amines) is 1. The largest absolute Gasteiger partial charge is 0.480 e. The lowest BCUT2D eigenvalue weighted by atomic mass is 9.67. The molecular weight excluding hydrogens is 262 g/mol. The Bertz CT molecular complexity index is 369. The van der Waals surface area contributed by atoms with Gasteiger partial charge in [-0.1, -0.05) is 39.0 Å². The van der Waals surface area contributed by atoms with Crippen molar-refractivity contribution in [2.45, 2.75) is 83.1 Å². The van der Waals surface area contributed by atoms with E-state index in [2.05, 4.69) is 11.8 Å². The number of carboxylic acid groups (broad SMARTS) is 1. The number of aliphatic carboxylic acids is 1. The van der Waals surface area contributed by atoms with Crippen molar-refractivity contribution in [3.8, 4) is 0 Å². The first-order chi connectivity index (χ1) is 10.1. The van der Waals surface area contributed by atoms with E-state index in [4.69, 9.17) is 0 Å². The monoisotopic (exact) mass is 293 g/mol. The summed E-state index contributed by atoms with van der Waals surface area (Å²) in [6.45, 7) is 4.34. The lowest BCUT2D eigenvalue weighted by molar-refractivity contribution is -0.170. The topological polar surface area (TPSA) is 40.5 Å². The average Bonchev–Trinajstić information content (AvgIpc) is 2.71. The fraction of sp³-hybridized carbons (Fsp3) is 0.944. The van der Waals surface area contributed by atoms with Crippen LogP contribution < -0.4 is 0 Å². The molecule has 3 nitrogen and oxygen atoms in total. The van der Waals surface area contributed by atoms with Gasteiger partial charge in [0.2, 0.25) is 0 Å². The van der Waals surface area contributed by atoms with Crippen LogP contribution in [-0.4, -0.2) is 34.6 Å². The number of hydrogen-bond acceptors (Lipinski definition) is 2. The first-order valence-electron chi connectivity index (χ1n) is 9.09. The molecular formula is C18H31NO2. The zero-order valence-electron chi connectivity index (χ0n) is 13.6. The van der Waals surface area contributed by atoms with Crippen molar-refractivity contribution in [2.75, 3.05) is 13.1 Å². The maximum Gasteiger partial charge on any atom is 0.324 e. The van der Waals surface area contributed by atoms with Crippen LogP contribution in [0.1, 0.15) is 77.6 Å². The van der Waals surface area contributed by atoms with E-state index >= 15 is 0 Å². The van der Waals surface area contributed by atoms with Crippen LogP contribution in [0.3, 0.4) is 0 Å². The zero-order valence-corrected chi connectivity index (χ0v) is 13.6. The number of rotatable bonds is 3. The smallest absolute Gasteiger partial charge is 0.324 e. The molecule has 1 spiro atoms. The van der Waals surface area contributed by atoms with E-state index < -0.39 is 11.5 Å². The number of nitrogens with zero attached hydrogens (tertiary/aromatic N) is 1. The van der Waals surface area contributed by atoms with Gasteiger partial charge in [0.15, 0.2) is 0 Å². The Morgan fingerprint density at radius 3 is 2.10 bits per heavy atom. The minimum absolute atomic E-state index is 0.473. The van der Waals surface area contributed by atoms with E-state index in [9.17, 15) is 9.90 Å². The van der Waals surface area contributed by atoms with Gasteiger partial charge in [-0.25, -0.2) is 0 Å². The Kier molecular flexibility index (Phi) is 4.31. The molecule has 0 aromatic heterocycles. The van der Waals surface area contributed by atoms with Crippen LogP contribution in [0, 0.1) is 11.3 Å². The summed E-state index contributed by atoms with van der Waals surface area (Å²) >= 11 is 0.